The topological polar surface area (TPSA) is 79.8 Å². The normalized spacial score (nSPS) is 11.0. The molecule has 0 aliphatic rings. The van der Waals surface area contributed by atoms with Crippen molar-refractivity contribution in [3.63, 3.8) is 0 Å². The molecule has 8 heteroatoms. The van der Waals surface area contributed by atoms with E-state index >= 15 is 0 Å². The highest BCUT2D eigenvalue weighted by molar-refractivity contribution is 5.44. The van der Waals surface area contributed by atoms with E-state index in [1.807, 2.05) is 62.5 Å². The van der Waals surface area contributed by atoms with Crippen LogP contribution >= 0.6 is 0 Å². The summed E-state index contributed by atoms with van der Waals surface area (Å²) in [6, 6.07) is 15.6. The van der Waals surface area contributed by atoms with E-state index in [1.54, 1.807) is 11.7 Å². The molecule has 0 bridgehead atoms. The number of hydrogen-bond donors (Lipinski definition) is 0. The summed E-state index contributed by atoms with van der Waals surface area (Å²) in [4.78, 5) is 12.2. The molecule has 142 valence electrons. The first kappa shape index (κ1) is 17.7. The van der Waals surface area contributed by atoms with E-state index in [4.69, 9.17) is 4.74 Å². The molecule has 8 nitrogen and oxygen atoms in total. The molecule has 2 aromatic carbocycles. The maximum atomic E-state index is 12.2. The monoisotopic (exact) mass is 376 g/mol. The van der Waals surface area contributed by atoms with Crippen LogP contribution in [0.15, 0.2) is 59.5 Å². The average molecular weight is 376 g/mol. The van der Waals surface area contributed by atoms with Crippen molar-refractivity contribution in [2.45, 2.75) is 20.5 Å². The Morgan fingerprint density at radius 1 is 1.04 bits per heavy atom. The molecular weight excluding hydrogens is 356 g/mol. The molecule has 0 amide bonds. The second kappa shape index (κ2) is 7.15. The number of rotatable bonds is 5. The fourth-order valence-corrected chi connectivity index (χ4v) is 2.98. The Labute approximate surface area is 161 Å². The first-order valence-corrected chi connectivity index (χ1v) is 8.86. The van der Waals surface area contributed by atoms with Gasteiger partial charge in [-0.2, -0.15) is 9.36 Å². The lowest BCUT2D eigenvalue weighted by Gasteiger charge is -2.11. The fraction of sp³-hybridized carbons (Fsp3) is 0.200. The average Bonchev–Trinajstić information content (AvgIpc) is 3.28. The van der Waals surface area contributed by atoms with Crippen molar-refractivity contribution in [1.29, 1.82) is 0 Å². The highest BCUT2D eigenvalue weighted by Crippen LogP contribution is 2.20. The van der Waals surface area contributed by atoms with Crippen LogP contribution in [0.25, 0.3) is 11.4 Å². The summed E-state index contributed by atoms with van der Waals surface area (Å²) in [5, 5.41) is 12.2. The van der Waals surface area contributed by atoms with E-state index in [1.165, 1.54) is 9.36 Å². The van der Waals surface area contributed by atoms with E-state index in [9.17, 15) is 4.79 Å². The SMILES string of the molecule is Cc1cccc(-n2ccc(OCc3c(C)cccc3-n3nnn(C)c3=O)n2)c1. The van der Waals surface area contributed by atoms with Crippen LogP contribution in [0.4, 0.5) is 0 Å². The van der Waals surface area contributed by atoms with Gasteiger partial charge < -0.3 is 4.74 Å². The third kappa shape index (κ3) is 3.32. The molecule has 0 unspecified atom stereocenters. The maximum absolute atomic E-state index is 12.2. The molecule has 0 saturated heterocycles. The van der Waals surface area contributed by atoms with Crippen LogP contribution in [0.5, 0.6) is 5.88 Å². The van der Waals surface area contributed by atoms with E-state index in [-0.39, 0.29) is 12.3 Å². The third-order valence-corrected chi connectivity index (χ3v) is 4.53. The molecule has 0 fully saturated rings. The molecule has 0 aliphatic carbocycles. The summed E-state index contributed by atoms with van der Waals surface area (Å²) >= 11 is 0. The molecule has 2 heterocycles. The number of benzene rings is 2. The second-order valence-corrected chi connectivity index (χ2v) is 6.60. The third-order valence-electron chi connectivity index (χ3n) is 4.53. The van der Waals surface area contributed by atoms with E-state index in [0.29, 0.717) is 11.6 Å². The quantitative estimate of drug-likeness (QED) is 0.534. The lowest BCUT2D eigenvalue weighted by Crippen LogP contribution is -2.23. The largest absolute Gasteiger partial charge is 0.472 e. The van der Waals surface area contributed by atoms with Gasteiger partial charge in [-0.3, -0.25) is 0 Å². The van der Waals surface area contributed by atoms with Gasteiger partial charge in [-0.25, -0.2) is 9.48 Å². The molecule has 0 atom stereocenters. The van der Waals surface area contributed by atoms with Gasteiger partial charge in [0.25, 0.3) is 0 Å². The summed E-state index contributed by atoms with van der Waals surface area (Å²) in [7, 11) is 1.57. The van der Waals surface area contributed by atoms with Gasteiger partial charge in [0.2, 0.25) is 5.88 Å². The molecule has 0 aliphatic heterocycles. The van der Waals surface area contributed by atoms with Gasteiger partial charge in [0.15, 0.2) is 0 Å². The Kier molecular flexibility index (Phi) is 4.52. The van der Waals surface area contributed by atoms with E-state index < -0.39 is 0 Å². The second-order valence-electron chi connectivity index (χ2n) is 6.60. The Bertz CT molecular complexity index is 1190. The van der Waals surface area contributed by atoms with Crippen LogP contribution in [-0.2, 0) is 13.7 Å². The first-order chi connectivity index (χ1) is 13.5. The Morgan fingerprint density at radius 3 is 2.61 bits per heavy atom. The molecule has 4 aromatic rings. The molecule has 0 spiro atoms. The smallest absolute Gasteiger partial charge is 0.368 e. The van der Waals surface area contributed by atoms with Gasteiger partial charge in [0.05, 0.1) is 11.4 Å². The number of tetrazole rings is 1. The van der Waals surface area contributed by atoms with Crippen LogP contribution in [0, 0.1) is 13.8 Å². The van der Waals surface area contributed by atoms with Crippen LogP contribution < -0.4 is 10.4 Å². The predicted molar refractivity (Wildman–Crippen MR) is 104 cm³/mol. The minimum atomic E-state index is -0.310. The van der Waals surface area contributed by atoms with Crippen LogP contribution in [0.3, 0.4) is 0 Å². The molecule has 2 aromatic heterocycles. The number of ether oxygens (including phenoxy) is 1. The number of hydrogen-bond acceptors (Lipinski definition) is 5. The number of aryl methyl sites for hydroxylation is 3. The Balaban J connectivity index is 1.60. The van der Waals surface area contributed by atoms with Gasteiger partial charge >= 0.3 is 5.69 Å². The van der Waals surface area contributed by atoms with Crippen molar-refractivity contribution in [2.75, 3.05) is 0 Å². The van der Waals surface area contributed by atoms with Crippen molar-refractivity contribution in [2.24, 2.45) is 7.05 Å². The number of nitrogens with zero attached hydrogens (tertiary/aromatic N) is 6. The summed E-state index contributed by atoms with van der Waals surface area (Å²) in [6.45, 7) is 4.27. The fourth-order valence-electron chi connectivity index (χ4n) is 2.98. The van der Waals surface area contributed by atoms with Gasteiger partial charge in [0, 0.05) is 24.9 Å². The molecule has 28 heavy (non-hydrogen) atoms. The van der Waals surface area contributed by atoms with Gasteiger partial charge in [-0.1, -0.05) is 24.3 Å². The molecule has 4 rings (SSSR count). The van der Waals surface area contributed by atoms with Crippen molar-refractivity contribution in [1.82, 2.24) is 29.6 Å². The first-order valence-electron chi connectivity index (χ1n) is 8.86. The zero-order valence-electron chi connectivity index (χ0n) is 15.9. The molecule has 0 radical (unpaired) electrons. The summed E-state index contributed by atoms with van der Waals surface area (Å²) < 4.78 is 10.1. The Morgan fingerprint density at radius 2 is 1.86 bits per heavy atom. The van der Waals surface area contributed by atoms with Crippen LogP contribution in [0.2, 0.25) is 0 Å². The van der Waals surface area contributed by atoms with E-state index in [2.05, 4.69) is 21.6 Å². The van der Waals surface area contributed by atoms with Gasteiger partial charge in [0.1, 0.15) is 6.61 Å². The number of aromatic nitrogens is 6. The minimum Gasteiger partial charge on any atom is -0.472 e. The maximum Gasteiger partial charge on any atom is 0.368 e. The Hall–Kier alpha value is -3.68. The minimum absolute atomic E-state index is 0.260. The lowest BCUT2D eigenvalue weighted by molar-refractivity contribution is 0.290. The van der Waals surface area contributed by atoms with E-state index in [0.717, 1.165) is 22.4 Å². The van der Waals surface area contributed by atoms with Crippen molar-refractivity contribution in [3.8, 4) is 17.3 Å². The molecule has 0 saturated carbocycles. The zero-order chi connectivity index (χ0) is 19.7. The van der Waals surface area contributed by atoms with Crippen molar-refractivity contribution < 1.29 is 4.74 Å². The highest BCUT2D eigenvalue weighted by Gasteiger charge is 2.14. The standard InChI is InChI=1S/C20H20N6O2/c1-14-6-4-8-16(12-14)25-11-10-19(21-25)28-13-17-15(2)7-5-9-18(17)26-20(27)24(3)22-23-26/h4-12H,13H2,1-3H3. The molecular formula is C20H20N6O2. The molecule has 0 N–H and O–H groups in total. The summed E-state index contributed by atoms with van der Waals surface area (Å²) in [6.07, 6.45) is 1.86. The van der Waals surface area contributed by atoms with Crippen molar-refractivity contribution >= 4 is 0 Å². The van der Waals surface area contributed by atoms with Gasteiger partial charge in [-0.15, -0.1) is 5.10 Å². The summed E-state index contributed by atoms with van der Waals surface area (Å²) in [5.41, 5.74) is 4.32. The zero-order valence-corrected chi connectivity index (χ0v) is 15.9. The summed E-state index contributed by atoms with van der Waals surface area (Å²) in [5.74, 6) is 0.502. The van der Waals surface area contributed by atoms with Gasteiger partial charge in [-0.05, 0) is 53.6 Å². The predicted octanol–water partition coefficient (Wildman–Crippen LogP) is 2.35. The van der Waals surface area contributed by atoms with Crippen LogP contribution in [0.1, 0.15) is 16.7 Å². The van der Waals surface area contributed by atoms with Crippen LogP contribution in [-0.4, -0.2) is 29.6 Å². The lowest BCUT2D eigenvalue weighted by atomic mass is 10.1. The van der Waals surface area contributed by atoms with Crippen molar-refractivity contribution in [3.05, 3.63) is 81.9 Å². The highest BCUT2D eigenvalue weighted by atomic mass is 16.5.